The number of nitrogens with zero attached hydrogens (tertiary/aromatic N) is 1. The zero-order chi connectivity index (χ0) is 15.8. The number of hydrogen-bond acceptors (Lipinski definition) is 4. The van der Waals surface area contributed by atoms with Gasteiger partial charge in [0, 0.05) is 18.5 Å². The Morgan fingerprint density at radius 2 is 1.95 bits per heavy atom. The summed E-state index contributed by atoms with van der Waals surface area (Å²) >= 11 is 0. The fourth-order valence-electron chi connectivity index (χ4n) is 2.24. The standard InChI is InChI=1S/C18H21NO3/c1-14-7-5-9-16(19-14)10-6-12-22-18(20)17-11-4-3-8-15(17)13-21-2/h3-5,7-9,11H,6,10,12-13H2,1-2H3. The van der Waals surface area contributed by atoms with Crippen molar-refractivity contribution >= 4 is 5.97 Å². The molecule has 0 atom stereocenters. The molecule has 1 aromatic heterocycles. The van der Waals surface area contributed by atoms with E-state index in [0.29, 0.717) is 18.8 Å². The fourth-order valence-corrected chi connectivity index (χ4v) is 2.24. The number of esters is 1. The number of carbonyl (C=O) groups is 1. The monoisotopic (exact) mass is 299 g/mol. The van der Waals surface area contributed by atoms with Crippen LogP contribution in [0.15, 0.2) is 42.5 Å². The van der Waals surface area contributed by atoms with Crippen molar-refractivity contribution in [3.63, 3.8) is 0 Å². The summed E-state index contributed by atoms with van der Waals surface area (Å²) in [6.45, 7) is 2.75. The fraction of sp³-hybridized carbons (Fsp3) is 0.333. The van der Waals surface area contributed by atoms with E-state index in [1.807, 2.05) is 43.3 Å². The van der Waals surface area contributed by atoms with Crippen LogP contribution in [-0.4, -0.2) is 24.7 Å². The molecular weight excluding hydrogens is 278 g/mol. The van der Waals surface area contributed by atoms with Gasteiger partial charge in [-0.25, -0.2) is 4.79 Å². The van der Waals surface area contributed by atoms with Crippen molar-refractivity contribution in [1.29, 1.82) is 0 Å². The molecule has 2 aromatic rings. The number of aryl methyl sites for hydroxylation is 2. The summed E-state index contributed by atoms with van der Waals surface area (Å²) in [6.07, 6.45) is 1.56. The van der Waals surface area contributed by atoms with Gasteiger partial charge >= 0.3 is 5.97 Å². The number of methoxy groups -OCH3 is 1. The second-order valence-corrected chi connectivity index (χ2v) is 5.10. The largest absolute Gasteiger partial charge is 0.462 e. The van der Waals surface area contributed by atoms with Crippen molar-refractivity contribution in [2.24, 2.45) is 0 Å². The Morgan fingerprint density at radius 1 is 1.14 bits per heavy atom. The minimum atomic E-state index is -0.301. The topological polar surface area (TPSA) is 48.4 Å². The van der Waals surface area contributed by atoms with Crippen LogP contribution in [0.4, 0.5) is 0 Å². The lowest BCUT2D eigenvalue weighted by Gasteiger charge is -2.09. The summed E-state index contributed by atoms with van der Waals surface area (Å²) in [5.41, 5.74) is 3.44. The summed E-state index contributed by atoms with van der Waals surface area (Å²) in [4.78, 5) is 16.5. The first-order chi connectivity index (χ1) is 10.7. The van der Waals surface area contributed by atoms with Crippen molar-refractivity contribution in [3.05, 3.63) is 65.0 Å². The minimum Gasteiger partial charge on any atom is -0.462 e. The molecule has 0 saturated carbocycles. The van der Waals surface area contributed by atoms with Crippen molar-refractivity contribution in [1.82, 2.24) is 4.98 Å². The highest BCUT2D eigenvalue weighted by molar-refractivity contribution is 5.91. The van der Waals surface area contributed by atoms with E-state index >= 15 is 0 Å². The molecule has 1 aromatic carbocycles. The molecule has 22 heavy (non-hydrogen) atoms. The summed E-state index contributed by atoms with van der Waals surface area (Å²) in [6, 6.07) is 13.3. The predicted molar refractivity (Wildman–Crippen MR) is 84.7 cm³/mol. The van der Waals surface area contributed by atoms with Gasteiger partial charge in [-0.3, -0.25) is 4.98 Å². The van der Waals surface area contributed by atoms with Crippen LogP contribution in [0.25, 0.3) is 0 Å². The van der Waals surface area contributed by atoms with Crippen LogP contribution < -0.4 is 0 Å². The average molecular weight is 299 g/mol. The first-order valence-corrected chi connectivity index (χ1v) is 7.37. The van der Waals surface area contributed by atoms with Crippen LogP contribution in [0.3, 0.4) is 0 Å². The molecule has 4 heteroatoms. The van der Waals surface area contributed by atoms with Crippen LogP contribution in [-0.2, 0) is 22.5 Å². The molecular formula is C18H21NO3. The van der Waals surface area contributed by atoms with E-state index in [1.165, 1.54) is 0 Å². The number of ether oxygens (including phenoxy) is 2. The van der Waals surface area contributed by atoms with E-state index in [2.05, 4.69) is 4.98 Å². The molecule has 0 bridgehead atoms. The lowest BCUT2D eigenvalue weighted by atomic mass is 10.1. The van der Waals surface area contributed by atoms with Gasteiger partial charge in [0.2, 0.25) is 0 Å². The number of pyridine rings is 1. The first kappa shape index (κ1) is 16.2. The molecule has 2 rings (SSSR count). The zero-order valence-electron chi connectivity index (χ0n) is 13.0. The smallest absolute Gasteiger partial charge is 0.338 e. The van der Waals surface area contributed by atoms with Crippen molar-refractivity contribution < 1.29 is 14.3 Å². The highest BCUT2D eigenvalue weighted by Gasteiger charge is 2.11. The third-order valence-electron chi connectivity index (χ3n) is 3.29. The second kappa shape index (κ2) is 8.29. The predicted octanol–water partition coefficient (Wildman–Crippen LogP) is 3.33. The van der Waals surface area contributed by atoms with Gasteiger partial charge in [-0.2, -0.15) is 0 Å². The summed E-state index contributed by atoms with van der Waals surface area (Å²) < 4.78 is 10.4. The molecule has 0 aliphatic carbocycles. The molecule has 0 aliphatic rings. The van der Waals surface area contributed by atoms with Gasteiger partial charge < -0.3 is 9.47 Å². The van der Waals surface area contributed by atoms with Crippen LogP contribution in [0, 0.1) is 6.92 Å². The van der Waals surface area contributed by atoms with Crippen LogP contribution in [0.2, 0.25) is 0 Å². The minimum absolute atomic E-state index is 0.301. The van der Waals surface area contributed by atoms with Gasteiger partial charge in [-0.1, -0.05) is 24.3 Å². The Hall–Kier alpha value is -2.20. The van der Waals surface area contributed by atoms with Crippen LogP contribution in [0.5, 0.6) is 0 Å². The number of benzene rings is 1. The molecule has 0 spiro atoms. The number of rotatable bonds is 7. The maximum absolute atomic E-state index is 12.1. The van der Waals surface area contributed by atoms with E-state index in [-0.39, 0.29) is 5.97 Å². The zero-order valence-corrected chi connectivity index (χ0v) is 13.0. The van der Waals surface area contributed by atoms with Gasteiger partial charge in [0.05, 0.1) is 18.8 Å². The SMILES string of the molecule is COCc1ccccc1C(=O)OCCCc1cccc(C)n1. The Balaban J connectivity index is 1.83. The van der Waals surface area contributed by atoms with E-state index in [9.17, 15) is 4.79 Å². The van der Waals surface area contributed by atoms with Crippen LogP contribution in [0.1, 0.15) is 33.7 Å². The highest BCUT2D eigenvalue weighted by Crippen LogP contribution is 2.12. The lowest BCUT2D eigenvalue weighted by Crippen LogP contribution is -2.10. The van der Waals surface area contributed by atoms with Gasteiger partial charge in [-0.15, -0.1) is 0 Å². The molecule has 0 radical (unpaired) electrons. The quantitative estimate of drug-likeness (QED) is 0.581. The second-order valence-electron chi connectivity index (χ2n) is 5.10. The Kier molecular flexibility index (Phi) is 6.10. The molecule has 0 saturated heterocycles. The van der Waals surface area contributed by atoms with E-state index in [0.717, 1.165) is 29.8 Å². The molecule has 116 valence electrons. The molecule has 4 nitrogen and oxygen atoms in total. The molecule has 0 unspecified atom stereocenters. The van der Waals surface area contributed by atoms with Gasteiger partial charge in [-0.05, 0) is 43.5 Å². The first-order valence-electron chi connectivity index (χ1n) is 7.37. The molecule has 0 fully saturated rings. The molecule has 1 heterocycles. The van der Waals surface area contributed by atoms with Crippen LogP contribution >= 0.6 is 0 Å². The Morgan fingerprint density at radius 3 is 2.73 bits per heavy atom. The average Bonchev–Trinajstić information content (AvgIpc) is 2.52. The Labute approximate surface area is 131 Å². The van der Waals surface area contributed by atoms with Gasteiger partial charge in [0.1, 0.15) is 0 Å². The normalized spacial score (nSPS) is 10.5. The third kappa shape index (κ3) is 4.67. The molecule has 0 aliphatic heterocycles. The van der Waals surface area contributed by atoms with Crippen molar-refractivity contribution in [3.8, 4) is 0 Å². The molecule has 0 N–H and O–H groups in total. The van der Waals surface area contributed by atoms with E-state index in [1.54, 1.807) is 13.2 Å². The maximum Gasteiger partial charge on any atom is 0.338 e. The van der Waals surface area contributed by atoms with Gasteiger partial charge in [0.15, 0.2) is 0 Å². The number of aromatic nitrogens is 1. The maximum atomic E-state index is 12.1. The lowest BCUT2D eigenvalue weighted by molar-refractivity contribution is 0.0495. The highest BCUT2D eigenvalue weighted by atomic mass is 16.5. The summed E-state index contributed by atoms with van der Waals surface area (Å²) in [5.74, 6) is -0.301. The Bertz CT molecular complexity index is 625. The van der Waals surface area contributed by atoms with Gasteiger partial charge in [0.25, 0.3) is 0 Å². The number of carbonyl (C=O) groups excluding carboxylic acids is 1. The number of hydrogen-bond donors (Lipinski definition) is 0. The van der Waals surface area contributed by atoms with Crippen molar-refractivity contribution in [2.75, 3.05) is 13.7 Å². The summed E-state index contributed by atoms with van der Waals surface area (Å²) in [7, 11) is 1.61. The third-order valence-corrected chi connectivity index (χ3v) is 3.29. The molecule has 0 amide bonds. The van der Waals surface area contributed by atoms with Crippen molar-refractivity contribution in [2.45, 2.75) is 26.4 Å². The summed E-state index contributed by atoms with van der Waals surface area (Å²) in [5, 5.41) is 0. The van der Waals surface area contributed by atoms with E-state index < -0.39 is 0 Å². The van der Waals surface area contributed by atoms with E-state index in [4.69, 9.17) is 9.47 Å².